The summed E-state index contributed by atoms with van der Waals surface area (Å²) in [7, 11) is 1.80. The normalized spacial score (nSPS) is 15.4. The number of ether oxygens (including phenoxy) is 1. The fourth-order valence-corrected chi connectivity index (χ4v) is 4.81. The molecule has 0 amide bonds. The Hall–Kier alpha value is -2.38. The van der Waals surface area contributed by atoms with Gasteiger partial charge in [-0.15, -0.1) is 11.3 Å². The average molecular weight is 434 g/mol. The van der Waals surface area contributed by atoms with Crippen LogP contribution in [-0.4, -0.2) is 42.7 Å². The Morgan fingerprint density at radius 2 is 1.97 bits per heavy atom. The summed E-state index contributed by atoms with van der Waals surface area (Å²) < 4.78 is 5.09. The first-order chi connectivity index (χ1) is 14.2. The van der Waals surface area contributed by atoms with E-state index in [-0.39, 0.29) is 13.2 Å². The van der Waals surface area contributed by atoms with Gasteiger partial charge in [0.2, 0.25) is 0 Å². The van der Waals surface area contributed by atoms with Crippen LogP contribution in [0.5, 0.6) is 5.75 Å². The van der Waals surface area contributed by atoms with Gasteiger partial charge in [-0.05, 0) is 60.4 Å². The van der Waals surface area contributed by atoms with E-state index in [1.165, 1.54) is 4.88 Å². The first-order valence-corrected chi connectivity index (χ1v) is 10.9. The summed E-state index contributed by atoms with van der Waals surface area (Å²) in [6.07, 6.45) is 3.79. The number of carbonyl (C=O) groups excluding carboxylic acids is 1. The third kappa shape index (κ3) is 6.06. The number of hydrogen-bond acceptors (Lipinski definition) is 6. The van der Waals surface area contributed by atoms with Crippen molar-refractivity contribution in [1.82, 2.24) is 0 Å². The fourth-order valence-electron chi connectivity index (χ4n) is 3.53. The van der Waals surface area contributed by atoms with Gasteiger partial charge in [0.05, 0.1) is 12.2 Å². The molecule has 7 heteroatoms. The molecule has 1 aliphatic rings. The zero-order chi connectivity index (χ0) is 22.3. The van der Waals surface area contributed by atoms with Gasteiger partial charge in [0.25, 0.3) is 0 Å². The molecule has 1 aromatic heterocycles. The van der Waals surface area contributed by atoms with Crippen LogP contribution in [0.2, 0.25) is 0 Å². The molecule has 0 aliphatic heterocycles. The lowest BCUT2D eigenvalue weighted by Gasteiger charge is -2.33. The molecule has 3 N–H and O–H groups in total. The number of carboxylic acid groups (broad SMARTS) is 1. The first-order valence-electron chi connectivity index (χ1n) is 10.1. The smallest absolute Gasteiger partial charge is 0.338 e. The van der Waals surface area contributed by atoms with Crippen molar-refractivity contribution in [2.24, 2.45) is 11.3 Å². The molecule has 0 fully saturated rings. The summed E-state index contributed by atoms with van der Waals surface area (Å²) in [5.41, 5.74) is 2.48. The predicted molar refractivity (Wildman–Crippen MR) is 120 cm³/mol. The molecule has 30 heavy (non-hydrogen) atoms. The molecule has 6 nitrogen and oxygen atoms in total. The predicted octanol–water partition coefficient (Wildman–Crippen LogP) is 4.51. The number of carboxylic acids is 1. The van der Waals surface area contributed by atoms with Crippen molar-refractivity contribution in [2.75, 3.05) is 25.6 Å². The summed E-state index contributed by atoms with van der Waals surface area (Å²) in [5, 5.41) is 21.6. The first kappa shape index (κ1) is 23.9. The summed E-state index contributed by atoms with van der Waals surface area (Å²) >= 11 is 1.62. The Kier molecular flexibility index (Phi) is 8.43. The Morgan fingerprint density at radius 1 is 1.30 bits per heavy atom. The molecular formula is C23H31NO5S. The number of aldehydes is 1. The van der Waals surface area contributed by atoms with E-state index in [4.69, 9.17) is 9.84 Å². The maximum absolute atomic E-state index is 11.4. The molecule has 1 atom stereocenters. The minimum absolute atomic E-state index is 0.00453. The van der Waals surface area contributed by atoms with Gasteiger partial charge < -0.3 is 20.3 Å². The van der Waals surface area contributed by atoms with Gasteiger partial charge >= 0.3 is 5.97 Å². The molecule has 1 aliphatic carbocycles. The lowest BCUT2D eigenvalue weighted by molar-refractivity contribution is 0.0696. The molecule has 1 heterocycles. The molecule has 0 bridgehead atoms. The molecular weight excluding hydrogens is 402 g/mol. The SMILES string of the molecule is CNc1sc2c(c1C(=O)O)CCC(C(C)(C)C)C2.O=Cc1ccc(OCCO)cc1. The zero-order valence-corrected chi connectivity index (χ0v) is 18.8. The summed E-state index contributed by atoms with van der Waals surface area (Å²) in [4.78, 5) is 22.9. The topological polar surface area (TPSA) is 95.9 Å². The van der Waals surface area contributed by atoms with E-state index in [1.54, 1.807) is 42.6 Å². The van der Waals surface area contributed by atoms with Gasteiger partial charge in [-0.2, -0.15) is 0 Å². The number of aromatic carboxylic acids is 1. The van der Waals surface area contributed by atoms with Crippen molar-refractivity contribution in [1.29, 1.82) is 0 Å². The Morgan fingerprint density at radius 3 is 2.47 bits per heavy atom. The van der Waals surface area contributed by atoms with Gasteiger partial charge in [0.1, 0.15) is 23.6 Å². The largest absolute Gasteiger partial charge is 0.491 e. The van der Waals surface area contributed by atoms with E-state index in [0.29, 0.717) is 28.2 Å². The van der Waals surface area contributed by atoms with Crippen LogP contribution in [0.1, 0.15) is 58.3 Å². The van der Waals surface area contributed by atoms with Crippen molar-refractivity contribution >= 4 is 28.6 Å². The van der Waals surface area contributed by atoms with Crippen molar-refractivity contribution in [3.8, 4) is 5.75 Å². The van der Waals surface area contributed by atoms with Gasteiger partial charge in [-0.1, -0.05) is 20.8 Å². The molecule has 0 saturated carbocycles. The van der Waals surface area contributed by atoms with Crippen LogP contribution < -0.4 is 10.1 Å². The van der Waals surface area contributed by atoms with E-state index in [0.717, 1.165) is 36.1 Å². The second kappa shape index (κ2) is 10.6. The third-order valence-corrected chi connectivity index (χ3v) is 6.58. The van der Waals surface area contributed by atoms with Crippen LogP contribution in [0.3, 0.4) is 0 Å². The lowest BCUT2D eigenvalue weighted by atomic mass is 9.72. The highest BCUT2D eigenvalue weighted by atomic mass is 32.1. The molecule has 0 saturated heterocycles. The van der Waals surface area contributed by atoms with E-state index in [1.807, 2.05) is 0 Å². The minimum Gasteiger partial charge on any atom is -0.491 e. The van der Waals surface area contributed by atoms with Crippen molar-refractivity contribution in [3.05, 3.63) is 45.8 Å². The van der Waals surface area contributed by atoms with E-state index >= 15 is 0 Å². The quantitative estimate of drug-likeness (QED) is 0.580. The van der Waals surface area contributed by atoms with Crippen molar-refractivity contribution < 1.29 is 24.5 Å². The highest BCUT2D eigenvalue weighted by Gasteiger charge is 2.33. The number of anilines is 1. The standard InChI is InChI=1S/C14H21NO2S.C9H10O3/c1-14(2,3)8-5-6-9-10(7-8)18-12(15-4)11(9)13(16)17;10-5-6-12-9-3-1-8(7-11)2-4-9/h8,15H,5-7H2,1-4H3,(H,16,17);1-4,7,10H,5-6H2. The number of hydrogen-bond donors (Lipinski definition) is 3. The number of aliphatic hydroxyl groups excluding tert-OH is 1. The average Bonchev–Trinajstić information content (AvgIpc) is 3.10. The molecule has 0 radical (unpaired) electrons. The van der Waals surface area contributed by atoms with E-state index < -0.39 is 5.97 Å². The number of nitrogens with one attached hydrogen (secondary N) is 1. The molecule has 3 rings (SSSR count). The van der Waals surface area contributed by atoms with Gasteiger partial charge in [-0.3, -0.25) is 4.79 Å². The van der Waals surface area contributed by atoms with Crippen LogP contribution in [0.25, 0.3) is 0 Å². The number of aliphatic hydroxyl groups is 1. The summed E-state index contributed by atoms with van der Waals surface area (Å²) in [5.74, 6) is 0.510. The lowest BCUT2D eigenvalue weighted by Crippen LogP contribution is -2.26. The number of carbonyl (C=O) groups is 2. The summed E-state index contributed by atoms with van der Waals surface area (Å²) in [6.45, 7) is 7.09. The number of benzene rings is 1. The zero-order valence-electron chi connectivity index (χ0n) is 18.0. The molecule has 2 aromatic rings. The van der Waals surface area contributed by atoms with Crippen LogP contribution in [-0.2, 0) is 12.8 Å². The van der Waals surface area contributed by atoms with Crippen molar-refractivity contribution in [3.63, 3.8) is 0 Å². The highest BCUT2D eigenvalue weighted by Crippen LogP contribution is 2.44. The Bertz CT molecular complexity index is 852. The molecule has 1 aromatic carbocycles. The minimum atomic E-state index is -0.800. The van der Waals surface area contributed by atoms with Gasteiger partial charge in [0, 0.05) is 17.5 Å². The molecule has 1 unspecified atom stereocenters. The Labute approximate surface area is 181 Å². The Balaban J connectivity index is 0.000000232. The fraction of sp³-hybridized carbons (Fsp3) is 0.478. The number of fused-ring (bicyclic) bond motifs is 1. The second-order valence-electron chi connectivity index (χ2n) is 8.33. The van der Waals surface area contributed by atoms with E-state index in [2.05, 4.69) is 26.1 Å². The highest BCUT2D eigenvalue weighted by molar-refractivity contribution is 7.16. The van der Waals surface area contributed by atoms with Crippen LogP contribution in [0.15, 0.2) is 24.3 Å². The summed E-state index contributed by atoms with van der Waals surface area (Å²) in [6, 6.07) is 6.72. The van der Waals surface area contributed by atoms with Crippen LogP contribution >= 0.6 is 11.3 Å². The van der Waals surface area contributed by atoms with Crippen LogP contribution in [0, 0.1) is 11.3 Å². The van der Waals surface area contributed by atoms with Gasteiger partial charge in [-0.25, -0.2) is 4.79 Å². The molecule has 164 valence electrons. The number of rotatable bonds is 6. The maximum atomic E-state index is 11.4. The monoisotopic (exact) mass is 433 g/mol. The van der Waals surface area contributed by atoms with Crippen LogP contribution in [0.4, 0.5) is 5.00 Å². The van der Waals surface area contributed by atoms with E-state index in [9.17, 15) is 14.7 Å². The van der Waals surface area contributed by atoms with Crippen molar-refractivity contribution in [2.45, 2.75) is 40.0 Å². The van der Waals surface area contributed by atoms with Gasteiger partial charge in [0.15, 0.2) is 0 Å². The maximum Gasteiger partial charge on any atom is 0.338 e. The molecule has 0 spiro atoms. The second-order valence-corrected chi connectivity index (χ2v) is 9.43. The number of thiophene rings is 1. The third-order valence-electron chi connectivity index (χ3n) is 5.31.